The van der Waals surface area contributed by atoms with E-state index >= 15 is 0 Å². The molecule has 2 aromatic carbocycles. The maximum absolute atomic E-state index is 14.4. The van der Waals surface area contributed by atoms with Crippen LogP contribution in [-0.2, 0) is 9.53 Å². The topological polar surface area (TPSA) is 38.3 Å². The van der Waals surface area contributed by atoms with E-state index in [0.29, 0.717) is 12.8 Å². The summed E-state index contributed by atoms with van der Waals surface area (Å²) in [5, 5.41) is 3.05. The highest BCUT2D eigenvalue weighted by Gasteiger charge is 2.41. The minimum absolute atomic E-state index is 0.111. The average molecular weight is 391 g/mol. The van der Waals surface area contributed by atoms with Crippen LogP contribution < -0.4 is 5.32 Å². The number of rotatable bonds is 4. The van der Waals surface area contributed by atoms with E-state index in [0.717, 1.165) is 11.6 Å². The Bertz CT molecular complexity index is 853. The van der Waals surface area contributed by atoms with E-state index in [2.05, 4.69) is 5.32 Å². The highest BCUT2D eigenvalue weighted by molar-refractivity contribution is 5.78. The van der Waals surface area contributed by atoms with Crippen LogP contribution in [0.1, 0.15) is 56.9 Å². The van der Waals surface area contributed by atoms with E-state index in [1.807, 2.05) is 6.92 Å². The molecule has 0 aliphatic carbocycles. The monoisotopic (exact) mass is 391 g/mol. The van der Waals surface area contributed by atoms with E-state index in [4.69, 9.17) is 4.74 Å². The number of ether oxygens (including phenoxy) is 1. The van der Waals surface area contributed by atoms with Crippen molar-refractivity contribution in [3.63, 3.8) is 0 Å². The summed E-state index contributed by atoms with van der Waals surface area (Å²) in [6.45, 7) is 5.49. The third kappa shape index (κ3) is 4.55. The minimum atomic E-state index is -0.692. The Morgan fingerprint density at radius 1 is 1.04 bits per heavy atom. The van der Waals surface area contributed by atoms with Gasteiger partial charge in [0.05, 0.1) is 12.2 Å². The molecule has 0 radical (unpaired) electrons. The number of halogens is 3. The summed E-state index contributed by atoms with van der Waals surface area (Å²) in [5.74, 6) is -2.03. The molecule has 1 N–H and O–H groups in total. The summed E-state index contributed by atoms with van der Waals surface area (Å²) in [7, 11) is 0. The van der Waals surface area contributed by atoms with Crippen LogP contribution in [0.2, 0.25) is 0 Å². The van der Waals surface area contributed by atoms with Crippen LogP contribution in [0.3, 0.4) is 0 Å². The molecule has 0 bridgehead atoms. The van der Waals surface area contributed by atoms with Crippen molar-refractivity contribution in [1.29, 1.82) is 0 Å². The Balaban J connectivity index is 1.95. The first-order valence-electron chi connectivity index (χ1n) is 9.35. The second kappa shape index (κ2) is 7.95. The van der Waals surface area contributed by atoms with Crippen molar-refractivity contribution >= 4 is 5.91 Å². The molecule has 6 heteroatoms. The minimum Gasteiger partial charge on any atom is -0.365 e. The van der Waals surface area contributed by atoms with Crippen LogP contribution >= 0.6 is 0 Å². The zero-order chi connectivity index (χ0) is 20.5. The normalized spacial score (nSPS) is 25.0. The summed E-state index contributed by atoms with van der Waals surface area (Å²) < 4.78 is 47.2. The van der Waals surface area contributed by atoms with E-state index in [1.54, 1.807) is 26.0 Å². The molecule has 3 nitrogen and oxygen atoms in total. The first-order chi connectivity index (χ1) is 13.2. The molecule has 1 saturated heterocycles. The molecule has 2 aromatic rings. The molecule has 3 rings (SSSR count). The van der Waals surface area contributed by atoms with Gasteiger partial charge in [-0.05, 0) is 30.7 Å². The average Bonchev–Trinajstić information content (AvgIpc) is 2.61. The van der Waals surface area contributed by atoms with Crippen molar-refractivity contribution in [2.24, 2.45) is 5.92 Å². The van der Waals surface area contributed by atoms with Gasteiger partial charge in [0.2, 0.25) is 5.91 Å². The summed E-state index contributed by atoms with van der Waals surface area (Å²) in [6.07, 6.45) is -0.356. The lowest BCUT2D eigenvalue weighted by atomic mass is 9.81. The van der Waals surface area contributed by atoms with E-state index in [9.17, 15) is 18.0 Å². The number of hydrogen-bond acceptors (Lipinski definition) is 2. The van der Waals surface area contributed by atoms with Crippen molar-refractivity contribution in [1.82, 2.24) is 5.32 Å². The third-order valence-corrected chi connectivity index (χ3v) is 5.10. The van der Waals surface area contributed by atoms with Gasteiger partial charge in [0, 0.05) is 35.9 Å². The second-order valence-electron chi connectivity index (χ2n) is 7.94. The van der Waals surface area contributed by atoms with Crippen molar-refractivity contribution in [3.8, 4) is 0 Å². The molecule has 0 spiro atoms. The molecule has 1 aliphatic heterocycles. The number of amides is 1. The van der Waals surface area contributed by atoms with Crippen molar-refractivity contribution in [2.45, 2.75) is 51.4 Å². The van der Waals surface area contributed by atoms with Gasteiger partial charge < -0.3 is 10.1 Å². The Morgan fingerprint density at radius 2 is 1.64 bits per heavy atom. The van der Waals surface area contributed by atoms with E-state index < -0.39 is 29.4 Å². The molecule has 28 heavy (non-hydrogen) atoms. The molecule has 150 valence electrons. The van der Waals surface area contributed by atoms with Gasteiger partial charge in [0.25, 0.3) is 0 Å². The van der Waals surface area contributed by atoms with Crippen LogP contribution in [0.15, 0.2) is 42.5 Å². The van der Waals surface area contributed by atoms with Gasteiger partial charge in [-0.2, -0.15) is 0 Å². The second-order valence-corrected chi connectivity index (χ2v) is 7.94. The highest BCUT2D eigenvalue weighted by Crippen LogP contribution is 2.44. The molecule has 3 atom stereocenters. The number of nitrogens with one attached hydrogen (secondary N) is 1. The molecule has 1 amide bonds. The first-order valence-corrected chi connectivity index (χ1v) is 9.35. The third-order valence-electron chi connectivity index (χ3n) is 5.10. The van der Waals surface area contributed by atoms with Gasteiger partial charge in [-0.15, -0.1) is 0 Å². The maximum atomic E-state index is 14.4. The lowest BCUT2D eigenvalue weighted by molar-refractivity contribution is -0.131. The highest BCUT2D eigenvalue weighted by atomic mass is 19.1. The van der Waals surface area contributed by atoms with Crippen LogP contribution in [-0.4, -0.2) is 11.4 Å². The van der Waals surface area contributed by atoms with Crippen molar-refractivity contribution < 1.29 is 22.7 Å². The van der Waals surface area contributed by atoms with Crippen molar-refractivity contribution in [2.75, 3.05) is 0 Å². The zero-order valence-corrected chi connectivity index (χ0v) is 16.1. The van der Waals surface area contributed by atoms with E-state index in [-0.39, 0.29) is 23.2 Å². The maximum Gasteiger partial charge on any atom is 0.222 e. The number of benzene rings is 2. The first kappa shape index (κ1) is 20.4. The van der Waals surface area contributed by atoms with Crippen molar-refractivity contribution in [3.05, 3.63) is 71.0 Å². The van der Waals surface area contributed by atoms with E-state index in [1.165, 1.54) is 24.3 Å². The molecule has 0 aromatic heterocycles. The Kier molecular flexibility index (Phi) is 5.79. The Hall–Kier alpha value is -2.34. The fourth-order valence-corrected chi connectivity index (χ4v) is 3.56. The van der Waals surface area contributed by atoms with Crippen LogP contribution in [0, 0.1) is 23.4 Å². The van der Waals surface area contributed by atoms with Gasteiger partial charge in [-0.25, -0.2) is 13.2 Å². The van der Waals surface area contributed by atoms with Crippen LogP contribution in [0.25, 0.3) is 0 Å². The molecule has 1 heterocycles. The summed E-state index contributed by atoms with van der Waals surface area (Å²) in [4.78, 5) is 12.3. The van der Waals surface area contributed by atoms with Gasteiger partial charge in [0.1, 0.15) is 17.5 Å². The smallest absolute Gasteiger partial charge is 0.222 e. The molecule has 1 aliphatic rings. The summed E-state index contributed by atoms with van der Waals surface area (Å²) >= 11 is 0. The molecule has 0 saturated carbocycles. The standard InChI is InChI=1S/C22H24F3NO2/c1-13(2)21(27)26-22(3)11-19(14-4-6-15(23)7-5-14)28-20(12-22)17-9-8-16(24)10-18(17)25/h4-10,13,19-20H,11-12H2,1-3H3,(H,26,27)/t19-,20+,22-/m0/s1. The van der Waals surface area contributed by atoms with Gasteiger partial charge in [-0.3, -0.25) is 4.79 Å². The largest absolute Gasteiger partial charge is 0.365 e. The van der Waals surface area contributed by atoms with Gasteiger partial charge >= 0.3 is 0 Å². The molecular formula is C22H24F3NO2. The summed E-state index contributed by atoms with van der Waals surface area (Å²) in [5.41, 5.74) is 0.307. The Labute approximate surface area is 162 Å². The number of carbonyl (C=O) groups is 1. The molecular weight excluding hydrogens is 367 g/mol. The quantitative estimate of drug-likeness (QED) is 0.775. The fourth-order valence-electron chi connectivity index (χ4n) is 3.56. The lowest BCUT2D eigenvalue weighted by Gasteiger charge is -2.43. The molecule has 1 fully saturated rings. The predicted octanol–water partition coefficient (Wildman–Crippen LogP) is 5.23. The zero-order valence-electron chi connectivity index (χ0n) is 16.1. The predicted molar refractivity (Wildman–Crippen MR) is 99.9 cm³/mol. The van der Waals surface area contributed by atoms with Gasteiger partial charge in [-0.1, -0.05) is 32.0 Å². The Morgan fingerprint density at radius 3 is 2.25 bits per heavy atom. The SMILES string of the molecule is CC(C)C(=O)N[C@@]1(C)C[C@@H](c2ccc(F)cc2)O[C@@H](c2ccc(F)cc2F)C1. The van der Waals surface area contributed by atoms with Crippen LogP contribution in [0.4, 0.5) is 13.2 Å². The van der Waals surface area contributed by atoms with Crippen LogP contribution in [0.5, 0.6) is 0 Å². The lowest BCUT2D eigenvalue weighted by Crippen LogP contribution is -2.52. The fraction of sp³-hybridized carbons (Fsp3) is 0.409. The summed E-state index contributed by atoms with van der Waals surface area (Å²) in [6, 6.07) is 9.29. The van der Waals surface area contributed by atoms with Gasteiger partial charge in [0.15, 0.2) is 0 Å². The number of carbonyl (C=O) groups excluding carboxylic acids is 1. The molecule has 0 unspecified atom stereocenters. The number of hydrogen-bond donors (Lipinski definition) is 1.